The predicted octanol–water partition coefficient (Wildman–Crippen LogP) is 2.03. The molecule has 0 saturated carbocycles. The maximum atomic E-state index is 13.0. The van der Waals surface area contributed by atoms with E-state index in [-0.39, 0.29) is 11.6 Å². The molecule has 0 spiro atoms. The molecule has 17 heavy (non-hydrogen) atoms. The summed E-state index contributed by atoms with van der Waals surface area (Å²) in [6, 6.07) is 3.86. The lowest BCUT2D eigenvalue weighted by molar-refractivity contribution is -0.113. The van der Waals surface area contributed by atoms with Crippen LogP contribution in [-0.4, -0.2) is 32.1 Å². The van der Waals surface area contributed by atoms with Gasteiger partial charge in [0.05, 0.1) is 12.3 Å². The zero-order valence-electron chi connectivity index (χ0n) is 9.33. The molecule has 1 amide bonds. The van der Waals surface area contributed by atoms with Crippen LogP contribution in [0.4, 0.5) is 10.1 Å². The number of anilines is 1. The number of hydrogen-bond acceptors (Lipinski definition) is 3. The van der Waals surface area contributed by atoms with Crippen LogP contribution in [0.25, 0.3) is 0 Å². The maximum absolute atomic E-state index is 13.0. The molecule has 0 unspecified atom stereocenters. The Bertz CT molecular complexity index is 387. The minimum absolute atomic E-state index is 0.200. The molecule has 1 aromatic carbocycles. The molecule has 6 heteroatoms. The van der Waals surface area contributed by atoms with Crippen molar-refractivity contribution in [2.75, 3.05) is 31.5 Å². The Morgan fingerprint density at radius 2 is 2.24 bits per heavy atom. The first kappa shape index (κ1) is 13.7. The van der Waals surface area contributed by atoms with Crippen LogP contribution in [-0.2, 0) is 9.53 Å². The molecule has 0 fully saturated rings. The molecule has 0 bridgehead atoms. The summed E-state index contributed by atoms with van der Waals surface area (Å²) in [5.74, 6) is -0.710. The van der Waals surface area contributed by atoms with Crippen molar-refractivity contribution in [3.05, 3.63) is 24.0 Å². The minimum Gasteiger partial charge on any atom is -0.489 e. The summed E-state index contributed by atoms with van der Waals surface area (Å²) in [6.07, 6.45) is 0. The van der Waals surface area contributed by atoms with E-state index in [0.29, 0.717) is 19.0 Å². The second-order valence-electron chi connectivity index (χ2n) is 3.16. The van der Waals surface area contributed by atoms with Crippen molar-refractivity contribution in [2.24, 2.45) is 0 Å². The van der Waals surface area contributed by atoms with Gasteiger partial charge in [0.25, 0.3) is 0 Å². The van der Waals surface area contributed by atoms with Gasteiger partial charge >= 0.3 is 0 Å². The van der Waals surface area contributed by atoms with E-state index in [1.165, 1.54) is 18.2 Å². The van der Waals surface area contributed by atoms with E-state index in [9.17, 15) is 9.18 Å². The van der Waals surface area contributed by atoms with E-state index >= 15 is 0 Å². The van der Waals surface area contributed by atoms with Gasteiger partial charge in [0.15, 0.2) is 0 Å². The number of benzene rings is 1. The summed E-state index contributed by atoms with van der Waals surface area (Å²) in [6.45, 7) is 0.714. The van der Waals surface area contributed by atoms with Gasteiger partial charge < -0.3 is 14.8 Å². The highest BCUT2D eigenvalue weighted by Crippen LogP contribution is 2.25. The summed E-state index contributed by atoms with van der Waals surface area (Å²) in [5.41, 5.74) is 0.256. The SMILES string of the molecule is COCCOc1ccc(F)cc1NC(=O)CCl. The third-order valence-electron chi connectivity index (χ3n) is 1.88. The minimum atomic E-state index is -0.464. The van der Waals surface area contributed by atoms with Crippen LogP contribution in [0.15, 0.2) is 18.2 Å². The zero-order chi connectivity index (χ0) is 12.7. The molecule has 0 aliphatic heterocycles. The van der Waals surface area contributed by atoms with Crippen molar-refractivity contribution >= 4 is 23.2 Å². The maximum Gasteiger partial charge on any atom is 0.239 e. The highest BCUT2D eigenvalue weighted by Gasteiger charge is 2.08. The lowest BCUT2D eigenvalue weighted by atomic mass is 10.3. The first-order valence-electron chi connectivity index (χ1n) is 4.94. The summed E-state index contributed by atoms with van der Waals surface area (Å²) in [7, 11) is 1.55. The van der Waals surface area contributed by atoms with Crippen LogP contribution in [0, 0.1) is 5.82 Å². The molecule has 1 rings (SSSR count). The number of methoxy groups -OCH3 is 1. The van der Waals surface area contributed by atoms with E-state index in [1.807, 2.05) is 0 Å². The summed E-state index contributed by atoms with van der Waals surface area (Å²) >= 11 is 5.35. The van der Waals surface area contributed by atoms with E-state index in [1.54, 1.807) is 7.11 Å². The number of rotatable bonds is 6. The standard InChI is InChI=1S/C11H13ClFNO3/c1-16-4-5-17-10-3-2-8(13)6-9(10)14-11(15)7-12/h2-3,6H,4-5,7H2,1H3,(H,14,15). The van der Waals surface area contributed by atoms with Gasteiger partial charge in [-0.15, -0.1) is 11.6 Å². The predicted molar refractivity (Wildman–Crippen MR) is 63.1 cm³/mol. The molecule has 0 radical (unpaired) electrons. The Hall–Kier alpha value is -1.33. The van der Waals surface area contributed by atoms with Crippen LogP contribution in [0.2, 0.25) is 0 Å². The molecule has 0 saturated heterocycles. The second-order valence-corrected chi connectivity index (χ2v) is 3.43. The molecule has 0 aliphatic carbocycles. The Labute approximate surface area is 104 Å². The lowest BCUT2D eigenvalue weighted by Gasteiger charge is -2.11. The van der Waals surface area contributed by atoms with Crippen molar-refractivity contribution in [3.8, 4) is 5.75 Å². The van der Waals surface area contributed by atoms with Gasteiger partial charge in [-0.3, -0.25) is 4.79 Å². The molecule has 0 aliphatic rings. The first-order valence-corrected chi connectivity index (χ1v) is 5.48. The van der Waals surface area contributed by atoms with E-state index < -0.39 is 11.7 Å². The molecule has 0 heterocycles. The number of amides is 1. The summed E-state index contributed by atoms with van der Waals surface area (Å²) in [5, 5.41) is 2.45. The molecule has 94 valence electrons. The van der Waals surface area contributed by atoms with Crippen molar-refractivity contribution < 1.29 is 18.7 Å². The Balaban J connectivity index is 2.76. The van der Waals surface area contributed by atoms with Crippen molar-refractivity contribution in [1.29, 1.82) is 0 Å². The first-order chi connectivity index (χ1) is 8.17. The smallest absolute Gasteiger partial charge is 0.239 e. The largest absolute Gasteiger partial charge is 0.489 e. The zero-order valence-corrected chi connectivity index (χ0v) is 10.1. The third kappa shape index (κ3) is 4.58. The molecule has 1 N–H and O–H groups in total. The van der Waals surface area contributed by atoms with Gasteiger partial charge in [0.1, 0.15) is 24.1 Å². The van der Waals surface area contributed by atoms with Crippen LogP contribution >= 0.6 is 11.6 Å². The van der Waals surface area contributed by atoms with Crippen molar-refractivity contribution in [2.45, 2.75) is 0 Å². The van der Waals surface area contributed by atoms with E-state index in [2.05, 4.69) is 5.32 Å². The number of hydrogen-bond donors (Lipinski definition) is 1. The quantitative estimate of drug-likeness (QED) is 0.630. The van der Waals surface area contributed by atoms with E-state index in [4.69, 9.17) is 21.1 Å². The topological polar surface area (TPSA) is 47.6 Å². The number of nitrogens with one attached hydrogen (secondary N) is 1. The molecule has 0 aromatic heterocycles. The monoisotopic (exact) mass is 261 g/mol. The molecular weight excluding hydrogens is 249 g/mol. The summed E-state index contributed by atoms with van der Waals surface area (Å²) < 4.78 is 23.2. The normalized spacial score (nSPS) is 10.1. The lowest BCUT2D eigenvalue weighted by Crippen LogP contribution is -2.14. The van der Waals surface area contributed by atoms with Crippen molar-refractivity contribution in [1.82, 2.24) is 0 Å². The Morgan fingerprint density at radius 3 is 2.88 bits per heavy atom. The van der Waals surface area contributed by atoms with E-state index in [0.717, 1.165) is 0 Å². The van der Waals surface area contributed by atoms with Gasteiger partial charge in [0, 0.05) is 13.2 Å². The summed E-state index contributed by atoms with van der Waals surface area (Å²) in [4.78, 5) is 11.1. The Kier molecular flexibility index (Phi) is 5.72. The average Bonchev–Trinajstić information content (AvgIpc) is 2.32. The highest BCUT2D eigenvalue weighted by molar-refractivity contribution is 6.29. The number of halogens is 2. The van der Waals surface area contributed by atoms with Gasteiger partial charge in [-0.05, 0) is 12.1 Å². The second kappa shape index (κ2) is 7.09. The van der Waals surface area contributed by atoms with Gasteiger partial charge in [-0.2, -0.15) is 0 Å². The number of carbonyl (C=O) groups is 1. The average molecular weight is 262 g/mol. The van der Waals surface area contributed by atoms with Crippen LogP contribution in [0.5, 0.6) is 5.75 Å². The van der Waals surface area contributed by atoms with Crippen LogP contribution in [0.3, 0.4) is 0 Å². The van der Waals surface area contributed by atoms with Crippen LogP contribution < -0.4 is 10.1 Å². The number of alkyl halides is 1. The van der Waals surface area contributed by atoms with Crippen LogP contribution in [0.1, 0.15) is 0 Å². The fourth-order valence-electron chi connectivity index (χ4n) is 1.14. The fourth-order valence-corrected chi connectivity index (χ4v) is 1.21. The highest BCUT2D eigenvalue weighted by atomic mass is 35.5. The fraction of sp³-hybridized carbons (Fsp3) is 0.364. The number of carbonyl (C=O) groups excluding carboxylic acids is 1. The molecule has 4 nitrogen and oxygen atoms in total. The molecule has 1 aromatic rings. The van der Waals surface area contributed by atoms with Crippen molar-refractivity contribution in [3.63, 3.8) is 0 Å². The van der Waals surface area contributed by atoms with Gasteiger partial charge in [-0.1, -0.05) is 0 Å². The number of ether oxygens (including phenoxy) is 2. The molecule has 0 atom stereocenters. The third-order valence-corrected chi connectivity index (χ3v) is 2.12. The Morgan fingerprint density at radius 1 is 1.47 bits per heavy atom. The van der Waals surface area contributed by atoms with Gasteiger partial charge in [0.2, 0.25) is 5.91 Å². The van der Waals surface area contributed by atoms with Gasteiger partial charge in [-0.25, -0.2) is 4.39 Å². The molecular formula is C11H13ClFNO3.